The van der Waals surface area contributed by atoms with Crippen LogP contribution in [-0.4, -0.2) is 35.6 Å². The van der Waals surface area contributed by atoms with Gasteiger partial charge in [-0.25, -0.2) is 0 Å². The van der Waals surface area contributed by atoms with Crippen molar-refractivity contribution in [3.05, 3.63) is 45.9 Å². The normalized spacial score (nSPS) is 19.8. The first-order valence-corrected chi connectivity index (χ1v) is 10.5. The zero-order valence-electron chi connectivity index (χ0n) is 16.7. The number of amides is 1. The molecule has 1 amide bonds. The molecule has 3 rings (SSSR count). The molecule has 32 heavy (non-hydrogen) atoms. The first-order valence-electron chi connectivity index (χ1n) is 9.67. The number of aliphatic imine (C=N–C) groups is 1. The van der Waals surface area contributed by atoms with Gasteiger partial charge >= 0.3 is 17.6 Å². The Bertz CT molecular complexity index is 969. The lowest BCUT2D eigenvalue weighted by Crippen LogP contribution is -2.34. The van der Waals surface area contributed by atoms with Gasteiger partial charge in [0.05, 0.1) is 22.6 Å². The van der Waals surface area contributed by atoms with E-state index in [9.17, 15) is 31.1 Å². The molecule has 4 nitrogen and oxygen atoms in total. The van der Waals surface area contributed by atoms with E-state index < -0.39 is 29.0 Å². The van der Waals surface area contributed by atoms with Gasteiger partial charge in [-0.1, -0.05) is 12.0 Å². The third-order valence-electron chi connectivity index (χ3n) is 5.14. The number of thioether (sulfide) groups is 1. The fourth-order valence-electron chi connectivity index (χ4n) is 3.60. The molecule has 0 spiro atoms. The van der Waals surface area contributed by atoms with Gasteiger partial charge in [0.15, 0.2) is 0 Å². The van der Waals surface area contributed by atoms with Gasteiger partial charge in [-0.2, -0.15) is 31.3 Å². The number of nitrogens with zero attached hydrogens (tertiary/aromatic N) is 2. The number of piperidine rings is 1. The highest BCUT2D eigenvalue weighted by atomic mass is 32.2. The molecule has 2 heterocycles. The van der Waals surface area contributed by atoms with E-state index in [2.05, 4.69) is 16.2 Å². The summed E-state index contributed by atoms with van der Waals surface area (Å²) in [5.41, 5.74) is -2.56. The summed E-state index contributed by atoms with van der Waals surface area (Å²) in [4.78, 5) is 17.8. The van der Waals surface area contributed by atoms with Crippen LogP contribution >= 0.6 is 11.8 Å². The van der Waals surface area contributed by atoms with E-state index in [4.69, 9.17) is 6.42 Å². The predicted molar refractivity (Wildman–Crippen MR) is 110 cm³/mol. The maximum Gasteiger partial charge on any atom is 0.416 e. The molecule has 0 unspecified atom stereocenters. The first-order chi connectivity index (χ1) is 15.0. The number of halogens is 6. The number of carbonyl (C=O) groups excluding carboxylic acids is 1. The largest absolute Gasteiger partial charge is 0.416 e. The van der Waals surface area contributed by atoms with Crippen LogP contribution in [-0.2, 0) is 18.9 Å². The Morgan fingerprint density at radius 2 is 1.88 bits per heavy atom. The van der Waals surface area contributed by atoms with E-state index in [1.54, 1.807) is 4.90 Å². The fraction of sp³-hybridized carbons (Fsp3) is 0.429. The number of rotatable bonds is 4. The summed E-state index contributed by atoms with van der Waals surface area (Å²) in [6.07, 6.45) is -1.20. The van der Waals surface area contributed by atoms with Gasteiger partial charge in [0.1, 0.15) is 5.84 Å². The number of hydrogen-bond donors (Lipinski definition) is 1. The molecule has 2 aliphatic rings. The van der Waals surface area contributed by atoms with Crippen LogP contribution in [0.25, 0.3) is 0 Å². The summed E-state index contributed by atoms with van der Waals surface area (Å²) >= 11 is 0.972. The van der Waals surface area contributed by atoms with Crippen LogP contribution in [0.15, 0.2) is 34.2 Å². The molecular weight excluding hydrogens is 456 g/mol. The van der Waals surface area contributed by atoms with Gasteiger partial charge in [-0.15, -0.1) is 6.42 Å². The van der Waals surface area contributed by atoms with Crippen molar-refractivity contribution >= 4 is 22.8 Å². The van der Waals surface area contributed by atoms with Gasteiger partial charge in [-0.3, -0.25) is 9.69 Å². The van der Waals surface area contributed by atoms with Crippen molar-refractivity contribution in [2.75, 3.05) is 19.6 Å². The second-order valence-electron chi connectivity index (χ2n) is 7.40. The standard InChI is InChI=1S/C21H19F6N3OS/c1-2-7-28-18-17(32-19(31)29-18)10-13-5-8-30(9-6-13)12-14-11-15(20(22,23)24)3-4-16(14)21(25,26)27/h1,3-4,10-11,13H,5-9,12H2,(H,28,29,31)/b17-10-. The highest BCUT2D eigenvalue weighted by Crippen LogP contribution is 2.37. The minimum atomic E-state index is -4.74. The Kier molecular flexibility index (Phi) is 7.25. The fourth-order valence-corrected chi connectivity index (χ4v) is 4.40. The summed E-state index contributed by atoms with van der Waals surface area (Å²) in [6.45, 7) is 0.794. The monoisotopic (exact) mass is 475 g/mol. The van der Waals surface area contributed by atoms with E-state index in [0.29, 0.717) is 54.9 Å². The summed E-state index contributed by atoms with van der Waals surface area (Å²) in [5.74, 6) is 2.85. The van der Waals surface area contributed by atoms with E-state index in [-0.39, 0.29) is 24.2 Å². The number of carbonyl (C=O) groups is 1. The molecule has 0 aromatic heterocycles. The van der Waals surface area contributed by atoms with Crippen LogP contribution in [0.3, 0.4) is 0 Å². The van der Waals surface area contributed by atoms with E-state index in [1.165, 1.54) is 0 Å². The summed E-state index contributed by atoms with van der Waals surface area (Å²) < 4.78 is 78.9. The van der Waals surface area contributed by atoms with Gasteiger partial charge in [0, 0.05) is 6.54 Å². The molecule has 1 saturated heterocycles. The quantitative estimate of drug-likeness (QED) is 0.474. The lowest BCUT2D eigenvalue weighted by molar-refractivity contribution is -0.142. The zero-order chi connectivity index (χ0) is 23.5. The van der Waals surface area contributed by atoms with E-state index in [1.807, 2.05) is 6.08 Å². The Balaban J connectivity index is 1.68. The predicted octanol–water partition coefficient (Wildman–Crippen LogP) is 5.31. The SMILES string of the molecule is C#CCNC1=NC(=O)S/C1=C\C1CCN(Cc2cc(C(F)(F)F)ccc2C(F)(F)F)CC1. The third-order valence-corrected chi connectivity index (χ3v) is 5.96. The molecule has 0 atom stereocenters. The molecule has 0 bridgehead atoms. The van der Waals surface area contributed by atoms with Crippen molar-refractivity contribution in [3.63, 3.8) is 0 Å². The number of nitrogens with one attached hydrogen (secondary N) is 1. The van der Waals surface area contributed by atoms with Crippen LogP contribution in [0.2, 0.25) is 0 Å². The highest BCUT2D eigenvalue weighted by molar-refractivity contribution is 8.18. The molecule has 172 valence electrons. The Morgan fingerprint density at radius 1 is 1.19 bits per heavy atom. The molecule has 1 aromatic rings. The van der Waals surface area contributed by atoms with E-state index in [0.717, 1.165) is 11.8 Å². The molecule has 11 heteroatoms. The van der Waals surface area contributed by atoms with Crippen LogP contribution in [0.4, 0.5) is 31.1 Å². The number of amidine groups is 1. The van der Waals surface area contributed by atoms with Crippen molar-refractivity contribution in [1.29, 1.82) is 0 Å². The van der Waals surface area contributed by atoms with Crippen molar-refractivity contribution < 1.29 is 31.1 Å². The van der Waals surface area contributed by atoms with Crippen molar-refractivity contribution in [2.24, 2.45) is 10.9 Å². The van der Waals surface area contributed by atoms with Crippen molar-refractivity contribution in [2.45, 2.75) is 31.7 Å². The minimum Gasteiger partial charge on any atom is -0.358 e. The van der Waals surface area contributed by atoms with Crippen molar-refractivity contribution in [1.82, 2.24) is 10.2 Å². The molecule has 1 fully saturated rings. The van der Waals surface area contributed by atoms with Crippen LogP contribution in [0, 0.1) is 18.3 Å². The van der Waals surface area contributed by atoms with Crippen molar-refractivity contribution in [3.8, 4) is 12.3 Å². The number of likely N-dealkylation sites (tertiary alicyclic amines) is 1. The molecule has 0 aliphatic carbocycles. The topological polar surface area (TPSA) is 44.7 Å². The Hall–Kier alpha value is -2.45. The smallest absolute Gasteiger partial charge is 0.358 e. The minimum absolute atomic E-state index is 0.0566. The number of terminal acetylenes is 1. The maximum absolute atomic E-state index is 13.3. The van der Waals surface area contributed by atoms with Gasteiger partial charge in [0.25, 0.3) is 0 Å². The third kappa shape index (κ3) is 6.07. The molecule has 0 radical (unpaired) electrons. The van der Waals surface area contributed by atoms with Gasteiger partial charge in [-0.05, 0) is 67.4 Å². The Labute approximate surface area is 185 Å². The molecule has 0 saturated carbocycles. The zero-order valence-corrected chi connectivity index (χ0v) is 17.5. The van der Waals surface area contributed by atoms with Crippen LogP contribution < -0.4 is 5.32 Å². The molecule has 1 aromatic carbocycles. The van der Waals surface area contributed by atoms with Crippen LogP contribution in [0.1, 0.15) is 29.5 Å². The van der Waals surface area contributed by atoms with Gasteiger partial charge < -0.3 is 5.32 Å². The summed E-state index contributed by atoms with van der Waals surface area (Å²) in [7, 11) is 0. The van der Waals surface area contributed by atoms with E-state index >= 15 is 0 Å². The lowest BCUT2D eigenvalue weighted by atomic mass is 9.95. The second-order valence-corrected chi connectivity index (χ2v) is 8.39. The summed E-state index contributed by atoms with van der Waals surface area (Å²) in [5, 5.41) is 2.51. The number of hydrogen-bond acceptors (Lipinski definition) is 4. The first kappa shape index (κ1) is 24.2. The number of allylic oxidation sites excluding steroid dienone is 1. The average molecular weight is 475 g/mol. The maximum atomic E-state index is 13.3. The number of benzene rings is 1. The molecule has 1 N–H and O–H groups in total. The number of alkyl halides is 6. The second kappa shape index (κ2) is 9.58. The highest BCUT2D eigenvalue weighted by Gasteiger charge is 2.37. The molecule has 2 aliphatic heterocycles. The summed E-state index contributed by atoms with van der Waals surface area (Å²) in [6, 6.07) is 1.53. The van der Waals surface area contributed by atoms with Gasteiger partial charge in [0.2, 0.25) is 0 Å². The molecular formula is C21H19F6N3OS. The lowest BCUT2D eigenvalue weighted by Gasteiger charge is -2.31. The van der Waals surface area contributed by atoms with Crippen LogP contribution in [0.5, 0.6) is 0 Å². The Morgan fingerprint density at radius 3 is 2.47 bits per heavy atom. The average Bonchev–Trinajstić information content (AvgIpc) is 3.05.